The van der Waals surface area contributed by atoms with Gasteiger partial charge in [0, 0.05) is 31.3 Å². The third kappa shape index (κ3) is 2.85. The van der Waals surface area contributed by atoms with Crippen LogP contribution in [0.5, 0.6) is 0 Å². The van der Waals surface area contributed by atoms with Gasteiger partial charge >= 0.3 is 0 Å². The van der Waals surface area contributed by atoms with Crippen LogP contribution in [-0.2, 0) is 4.79 Å². The second-order valence-electron chi connectivity index (χ2n) is 4.48. The van der Waals surface area contributed by atoms with Crippen molar-refractivity contribution >= 4 is 5.91 Å². The van der Waals surface area contributed by atoms with Crippen LogP contribution in [0.1, 0.15) is 37.3 Å². The van der Waals surface area contributed by atoms with Crippen LogP contribution in [0, 0.1) is 0 Å². The molecule has 1 amide bonds. The van der Waals surface area contributed by atoms with E-state index in [0.29, 0.717) is 6.42 Å². The van der Waals surface area contributed by atoms with Gasteiger partial charge in [-0.3, -0.25) is 9.89 Å². The fraction of sp³-hybridized carbons (Fsp3) is 0.667. The van der Waals surface area contributed by atoms with Gasteiger partial charge in [-0.2, -0.15) is 5.10 Å². The number of hydrogen-bond donors (Lipinski definition) is 2. The minimum Gasteiger partial charge on any atom is -0.336 e. The van der Waals surface area contributed by atoms with Gasteiger partial charge in [0.15, 0.2) is 0 Å². The molecule has 94 valence electrons. The summed E-state index contributed by atoms with van der Waals surface area (Å²) >= 11 is 0. The average Bonchev–Trinajstić information content (AvgIpc) is 2.89. The highest BCUT2D eigenvalue weighted by Gasteiger charge is 2.27. The Hall–Kier alpha value is -1.36. The third-order valence-electron chi connectivity index (χ3n) is 3.32. The number of amides is 1. The molecule has 0 aromatic carbocycles. The highest BCUT2D eigenvalue weighted by atomic mass is 16.2. The number of hydrogen-bond acceptors (Lipinski definition) is 3. The molecule has 1 aromatic heterocycles. The fourth-order valence-corrected chi connectivity index (χ4v) is 2.40. The van der Waals surface area contributed by atoms with Crippen molar-refractivity contribution in [3.8, 4) is 0 Å². The van der Waals surface area contributed by atoms with E-state index in [0.717, 1.165) is 31.5 Å². The zero-order valence-electron chi connectivity index (χ0n) is 10.3. The summed E-state index contributed by atoms with van der Waals surface area (Å²) in [5.41, 5.74) is 1.13. The molecule has 1 aliphatic heterocycles. The number of rotatable bonds is 4. The van der Waals surface area contributed by atoms with Crippen LogP contribution < -0.4 is 5.32 Å². The topological polar surface area (TPSA) is 61.0 Å². The summed E-state index contributed by atoms with van der Waals surface area (Å²) in [7, 11) is 1.87. The lowest BCUT2D eigenvalue weighted by molar-refractivity contribution is -0.134. The molecule has 2 N–H and O–H groups in total. The summed E-state index contributed by atoms with van der Waals surface area (Å²) in [4.78, 5) is 14.1. The van der Waals surface area contributed by atoms with Crippen molar-refractivity contribution in [3.63, 3.8) is 0 Å². The first kappa shape index (κ1) is 12.1. The first-order valence-electron chi connectivity index (χ1n) is 6.25. The molecule has 1 atom stereocenters. The second-order valence-corrected chi connectivity index (χ2v) is 4.48. The van der Waals surface area contributed by atoms with Crippen LogP contribution in [0.15, 0.2) is 12.4 Å². The molecule has 2 rings (SSSR count). The maximum absolute atomic E-state index is 12.1. The zero-order chi connectivity index (χ0) is 12.1. The highest BCUT2D eigenvalue weighted by Crippen LogP contribution is 2.30. The largest absolute Gasteiger partial charge is 0.336 e. The van der Waals surface area contributed by atoms with E-state index in [-0.39, 0.29) is 11.9 Å². The molecule has 1 aliphatic rings. The summed E-state index contributed by atoms with van der Waals surface area (Å²) in [6.07, 6.45) is 7.64. The number of nitrogens with zero attached hydrogens (tertiary/aromatic N) is 2. The van der Waals surface area contributed by atoms with E-state index in [9.17, 15) is 4.79 Å². The molecule has 1 fully saturated rings. The van der Waals surface area contributed by atoms with Crippen molar-refractivity contribution < 1.29 is 4.79 Å². The molecule has 0 bridgehead atoms. The first-order valence-corrected chi connectivity index (χ1v) is 6.25. The lowest BCUT2D eigenvalue weighted by Crippen LogP contribution is -2.39. The fourth-order valence-electron chi connectivity index (χ4n) is 2.40. The average molecular weight is 236 g/mol. The Kier molecular flexibility index (Phi) is 4.14. The van der Waals surface area contributed by atoms with E-state index in [2.05, 4.69) is 15.5 Å². The van der Waals surface area contributed by atoms with E-state index in [1.54, 1.807) is 0 Å². The Morgan fingerprint density at radius 3 is 3.24 bits per heavy atom. The molecular formula is C12H20N4O. The molecule has 2 heterocycles. The molecular weight excluding hydrogens is 216 g/mol. The number of likely N-dealkylation sites (tertiary alicyclic amines) is 1. The van der Waals surface area contributed by atoms with Crippen LogP contribution in [0.2, 0.25) is 0 Å². The van der Waals surface area contributed by atoms with Crippen molar-refractivity contribution in [1.29, 1.82) is 0 Å². The first-order chi connectivity index (χ1) is 8.33. The lowest BCUT2D eigenvalue weighted by atomic mass is 9.97. The zero-order valence-corrected chi connectivity index (χ0v) is 10.3. The number of nitrogens with one attached hydrogen (secondary N) is 2. The Morgan fingerprint density at radius 2 is 2.53 bits per heavy atom. The number of carbonyl (C=O) groups is 1. The number of carbonyl (C=O) groups excluding carboxylic acids is 1. The summed E-state index contributed by atoms with van der Waals surface area (Å²) in [5.74, 6) is 0.241. The Balaban J connectivity index is 2.04. The van der Waals surface area contributed by atoms with E-state index in [1.807, 2.05) is 24.3 Å². The van der Waals surface area contributed by atoms with Gasteiger partial charge in [0.1, 0.15) is 0 Å². The van der Waals surface area contributed by atoms with Crippen molar-refractivity contribution in [2.45, 2.75) is 31.7 Å². The number of aromatic amines is 1. The molecule has 1 saturated heterocycles. The lowest BCUT2D eigenvalue weighted by Gasteiger charge is -2.35. The molecule has 0 aliphatic carbocycles. The van der Waals surface area contributed by atoms with Gasteiger partial charge in [-0.05, 0) is 26.3 Å². The van der Waals surface area contributed by atoms with Crippen molar-refractivity contribution in [1.82, 2.24) is 20.4 Å². The summed E-state index contributed by atoms with van der Waals surface area (Å²) in [6, 6.07) is 0.215. The van der Waals surface area contributed by atoms with Crippen LogP contribution in [0.25, 0.3) is 0 Å². The smallest absolute Gasteiger partial charge is 0.224 e. The summed E-state index contributed by atoms with van der Waals surface area (Å²) in [5, 5.41) is 9.83. The SMILES string of the molecule is CNCCC(=O)N1CCCCC1c1cn[nH]c1. The van der Waals surface area contributed by atoms with Gasteiger partial charge in [0.05, 0.1) is 12.2 Å². The van der Waals surface area contributed by atoms with E-state index in [1.165, 1.54) is 6.42 Å². The summed E-state index contributed by atoms with van der Waals surface area (Å²) in [6.45, 7) is 1.62. The maximum atomic E-state index is 12.1. The van der Waals surface area contributed by atoms with Gasteiger partial charge < -0.3 is 10.2 Å². The second kappa shape index (κ2) is 5.82. The van der Waals surface area contributed by atoms with Crippen molar-refractivity contribution in [2.24, 2.45) is 0 Å². The molecule has 0 spiro atoms. The number of H-pyrrole nitrogens is 1. The molecule has 5 heteroatoms. The van der Waals surface area contributed by atoms with Gasteiger partial charge in [-0.25, -0.2) is 0 Å². The van der Waals surface area contributed by atoms with Crippen LogP contribution in [0.4, 0.5) is 0 Å². The maximum Gasteiger partial charge on any atom is 0.224 e. The van der Waals surface area contributed by atoms with Gasteiger partial charge in [0.25, 0.3) is 0 Å². The molecule has 17 heavy (non-hydrogen) atoms. The Morgan fingerprint density at radius 1 is 1.65 bits per heavy atom. The van der Waals surface area contributed by atoms with E-state index >= 15 is 0 Å². The minimum atomic E-state index is 0.215. The standard InChI is InChI=1S/C12H20N4O/c1-13-6-5-12(17)16-7-3-2-4-11(16)10-8-14-15-9-10/h8-9,11,13H,2-7H2,1H3,(H,14,15). The minimum absolute atomic E-state index is 0.215. The molecule has 1 unspecified atom stereocenters. The number of piperidine rings is 1. The van der Waals surface area contributed by atoms with Crippen LogP contribution >= 0.6 is 0 Å². The van der Waals surface area contributed by atoms with Gasteiger partial charge in [0.2, 0.25) is 5.91 Å². The van der Waals surface area contributed by atoms with Crippen LogP contribution in [-0.4, -0.2) is 41.1 Å². The predicted octanol–water partition coefficient (Wildman–Crippen LogP) is 1.07. The predicted molar refractivity (Wildman–Crippen MR) is 65.4 cm³/mol. The molecule has 0 saturated carbocycles. The van der Waals surface area contributed by atoms with Crippen LogP contribution in [0.3, 0.4) is 0 Å². The number of aromatic nitrogens is 2. The normalized spacial score (nSPS) is 20.5. The Bertz CT molecular complexity index is 349. The monoisotopic (exact) mass is 236 g/mol. The van der Waals surface area contributed by atoms with E-state index < -0.39 is 0 Å². The van der Waals surface area contributed by atoms with Gasteiger partial charge in [-0.15, -0.1) is 0 Å². The Labute approximate surface area is 102 Å². The van der Waals surface area contributed by atoms with Crippen molar-refractivity contribution in [2.75, 3.05) is 20.1 Å². The third-order valence-corrected chi connectivity index (χ3v) is 3.32. The van der Waals surface area contributed by atoms with E-state index in [4.69, 9.17) is 0 Å². The van der Waals surface area contributed by atoms with Gasteiger partial charge in [-0.1, -0.05) is 0 Å². The summed E-state index contributed by atoms with van der Waals surface area (Å²) < 4.78 is 0. The quantitative estimate of drug-likeness (QED) is 0.822. The highest BCUT2D eigenvalue weighted by molar-refractivity contribution is 5.77. The van der Waals surface area contributed by atoms with Crippen molar-refractivity contribution in [3.05, 3.63) is 18.0 Å². The molecule has 0 radical (unpaired) electrons. The molecule has 1 aromatic rings. The molecule has 5 nitrogen and oxygen atoms in total.